The minimum Gasteiger partial charge on any atom is -0.343 e. The normalized spacial score (nSPS) is 12.8. The van der Waals surface area contributed by atoms with Gasteiger partial charge in [0.05, 0.1) is 5.69 Å². The summed E-state index contributed by atoms with van der Waals surface area (Å²) in [6.45, 7) is 0. The van der Waals surface area contributed by atoms with Gasteiger partial charge >= 0.3 is 0 Å². The van der Waals surface area contributed by atoms with Crippen molar-refractivity contribution in [1.82, 2.24) is 4.57 Å². The molecule has 1 nitrogen and oxygen atoms in total. The van der Waals surface area contributed by atoms with Crippen LogP contribution >= 0.6 is 0 Å². The first-order valence-corrected chi connectivity index (χ1v) is 5.92. The number of fused-ring (bicyclic) bond motifs is 5. The monoisotopic (exact) mass is 218 g/mol. The van der Waals surface area contributed by atoms with Crippen LogP contribution in [0.4, 0.5) is 0 Å². The van der Waals surface area contributed by atoms with Gasteiger partial charge in [-0.15, -0.1) is 0 Å². The number of hydrogen-bond acceptors (Lipinski definition) is 0. The average Bonchev–Trinajstić information content (AvgIpc) is 2.88. The van der Waals surface area contributed by atoms with Gasteiger partial charge in [0.15, 0.2) is 0 Å². The Hall–Kier alpha value is -2.02. The van der Waals surface area contributed by atoms with Crippen molar-refractivity contribution >= 4 is 10.9 Å². The van der Waals surface area contributed by atoms with Crippen LogP contribution in [0.3, 0.4) is 0 Å². The summed E-state index contributed by atoms with van der Waals surface area (Å²) in [5, 5.41) is 1.38. The maximum absolute atomic E-state index is 3.36. The van der Waals surface area contributed by atoms with Gasteiger partial charge in [0, 0.05) is 29.9 Å². The molecule has 1 aliphatic carbocycles. The fourth-order valence-corrected chi connectivity index (χ4v) is 3.01. The number of aryl methyl sites for hydroxylation is 1. The van der Waals surface area contributed by atoms with Gasteiger partial charge in [0.1, 0.15) is 0 Å². The molecule has 0 saturated carbocycles. The van der Waals surface area contributed by atoms with Crippen molar-refractivity contribution in [3.05, 3.63) is 59.7 Å². The van der Waals surface area contributed by atoms with Crippen LogP contribution in [0, 0.1) is 6.07 Å². The van der Waals surface area contributed by atoms with E-state index >= 15 is 0 Å². The summed E-state index contributed by atoms with van der Waals surface area (Å²) in [5.74, 6) is 0. The Labute approximate surface area is 100 Å². The van der Waals surface area contributed by atoms with Crippen LogP contribution in [-0.4, -0.2) is 4.57 Å². The lowest BCUT2D eigenvalue weighted by molar-refractivity contribution is 0.978. The van der Waals surface area contributed by atoms with Gasteiger partial charge in [-0.2, -0.15) is 0 Å². The lowest BCUT2D eigenvalue weighted by Crippen LogP contribution is -1.90. The van der Waals surface area contributed by atoms with E-state index in [1.54, 1.807) is 0 Å². The predicted molar refractivity (Wildman–Crippen MR) is 70.0 cm³/mol. The van der Waals surface area contributed by atoms with Crippen molar-refractivity contribution < 1.29 is 0 Å². The van der Waals surface area contributed by atoms with Crippen molar-refractivity contribution in [3.63, 3.8) is 0 Å². The van der Waals surface area contributed by atoms with Crippen LogP contribution in [0.25, 0.3) is 22.2 Å². The smallest absolute Gasteiger partial charge is 0.0527 e. The quantitative estimate of drug-likeness (QED) is 0.425. The van der Waals surface area contributed by atoms with E-state index in [0.29, 0.717) is 0 Å². The van der Waals surface area contributed by atoms with Gasteiger partial charge in [-0.25, -0.2) is 0 Å². The van der Waals surface area contributed by atoms with Crippen LogP contribution in [0.1, 0.15) is 11.1 Å². The molecule has 0 N–H and O–H groups in total. The standard InChI is InChI=1S/C16H12N/c1-17-15-9-5-4-8-13(15)14-10-11-6-2-3-7-12(11)16(14)17/h2-5,7-9H,10H2,1H3. The molecule has 1 radical (unpaired) electrons. The van der Waals surface area contributed by atoms with E-state index in [1.807, 2.05) is 6.07 Å². The lowest BCUT2D eigenvalue weighted by atomic mass is 10.1. The largest absolute Gasteiger partial charge is 0.343 e. The molecule has 2 aromatic carbocycles. The Morgan fingerprint density at radius 2 is 2.00 bits per heavy atom. The molecule has 0 amide bonds. The average molecular weight is 218 g/mol. The Morgan fingerprint density at radius 3 is 2.94 bits per heavy atom. The first kappa shape index (κ1) is 9.06. The molecule has 0 fully saturated rings. The Balaban J connectivity index is 2.17. The third-order valence-corrected chi connectivity index (χ3v) is 3.76. The highest BCUT2D eigenvalue weighted by Crippen LogP contribution is 2.41. The predicted octanol–water partition coefficient (Wildman–Crippen LogP) is 3.55. The second-order valence-electron chi connectivity index (χ2n) is 4.64. The van der Waals surface area contributed by atoms with Gasteiger partial charge in [-0.05, 0) is 23.3 Å². The molecule has 1 aliphatic rings. The zero-order valence-electron chi connectivity index (χ0n) is 9.70. The van der Waals surface area contributed by atoms with E-state index in [1.165, 1.54) is 33.3 Å². The molecule has 4 rings (SSSR count). The highest BCUT2D eigenvalue weighted by atomic mass is 15.0. The van der Waals surface area contributed by atoms with E-state index < -0.39 is 0 Å². The third-order valence-electron chi connectivity index (χ3n) is 3.76. The lowest BCUT2D eigenvalue weighted by Gasteiger charge is -2.04. The van der Waals surface area contributed by atoms with Crippen LogP contribution in [0.5, 0.6) is 0 Å². The van der Waals surface area contributed by atoms with E-state index in [-0.39, 0.29) is 0 Å². The van der Waals surface area contributed by atoms with E-state index in [4.69, 9.17) is 0 Å². The summed E-state index contributed by atoms with van der Waals surface area (Å²) in [5.41, 5.74) is 6.84. The maximum atomic E-state index is 3.36. The summed E-state index contributed by atoms with van der Waals surface area (Å²) in [4.78, 5) is 0. The number of hydrogen-bond donors (Lipinski definition) is 0. The third kappa shape index (κ3) is 1.04. The number of benzene rings is 2. The van der Waals surface area contributed by atoms with Crippen molar-refractivity contribution in [2.24, 2.45) is 7.05 Å². The summed E-state index contributed by atoms with van der Waals surface area (Å²) >= 11 is 0. The van der Waals surface area contributed by atoms with Crippen molar-refractivity contribution in [2.75, 3.05) is 0 Å². The molecule has 3 aromatic rings. The first-order valence-electron chi connectivity index (χ1n) is 5.92. The summed E-state index contributed by atoms with van der Waals surface area (Å²) in [6, 6.07) is 18.3. The molecule has 0 unspecified atom stereocenters. The second kappa shape index (κ2) is 3.01. The molecule has 1 heteroatoms. The fraction of sp³-hybridized carbons (Fsp3) is 0.125. The SMILES string of the molecule is Cn1c2c(c3ccccc31)Cc1[c]cccc1-2. The molecule has 17 heavy (non-hydrogen) atoms. The van der Waals surface area contributed by atoms with E-state index in [2.05, 4.69) is 54.1 Å². The number of nitrogens with zero attached hydrogens (tertiary/aromatic N) is 1. The van der Waals surface area contributed by atoms with Crippen LogP contribution < -0.4 is 0 Å². The minimum atomic E-state index is 1.02. The maximum Gasteiger partial charge on any atom is 0.0527 e. The van der Waals surface area contributed by atoms with E-state index in [9.17, 15) is 0 Å². The van der Waals surface area contributed by atoms with Gasteiger partial charge < -0.3 is 4.57 Å². The molecule has 0 atom stereocenters. The van der Waals surface area contributed by atoms with Crippen molar-refractivity contribution in [2.45, 2.75) is 6.42 Å². The van der Waals surface area contributed by atoms with Crippen LogP contribution in [0.2, 0.25) is 0 Å². The van der Waals surface area contributed by atoms with Gasteiger partial charge in [0.25, 0.3) is 0 Å². The minimum absolute atomic E-state index is 1.02. The zero-order chi connectivity index (χ0) is 11.4. The topological polar surface area (TPSA) is 4.93 Å². The van der Waals surface area contributed by atoms with Crippen molar-refractivity contribution in [1.29, 1.82) is 0 Å². The summed E-state index contributed by atoms with van der Waals surface area (Å²) in [7, 11) is 2.16. The summed E-state index contributed by atoms with van der Waals surface area (Å²) in [6.07, 6.45) is 1.02. The van der Waals surface area contributed by atoms with Crippen LogP contribution in [-0.2, 0) is 13.5 Å². The Bertz CT molecular complexity index is 734. The van der Waals surface area contributed by atoms with Gasteiger partial charge in [-0.3, -0.25) is 0 Å². The zero-order valence-corrected chi connectivity index (χ0v) is 9.70. The molecular formula is C16H12N. The van der Waals surface area contributed by atoms with E-state index in [0.717, 1.165) is 6.42 Å². The number of rotatable bonds is 0. The van der Waals surface area contributed by atoms with Crippen LogP contribution in [0.15, 0.2) is 42.5 Å². The second-order valence-corrected chi connectivity index (χ2v) is 4.64. The molecule has 1 heterocycles. The highest BCUT2D eigenvalue weighted by molar-refractivity contribution is 5.95. The molecular weight excluding hydrogens is 206 g/mol. The molecule has 0 saturated heterocycles. The fourth-order valence-electron chi connectivity index (χ4n) is 3.01. The molecule has 0 aliphatic heterocycles. The molecule has 0 bridgehead atoms. The van der Waals surface area contributed by atoms with Gasteiger partial charge in [-0.1, -0.05) is 36.4 Å². The molecule has 0 spiro atoms. The highest BCUT2D eigenvalue weighted by Gasteiger charge is 2.24. The molecule has 81 valence electrons. The van der Waals surface area contributed by atoms with Gasteiger partial charge in [0.2, 0.25) is 0 Å². The Morgan fingerprint density at radius 1 is 1.12 bits per heavy atom. The summed E-state index contributed by atoms with van der Waals surface area (Å²) < 4.78 is 2.31. The Kier molecular flexibility index (Phi) is 1.60. The number of para-hydroxylation sites is 1. The molecule has 1 aromatic heterocycles. The van der Waals surface area contributed by atoms with Crippen molar-refractivity contribution in [3.8, 4) is 11.3 Å². The first-order chi connectivity index (χ1) is 8.36. The number of aromatic nitrogens is 1.